The molecule has 1 aliphatic rings. The van der Waals surface area contributed by atoms with Crippen molar-refractivity contribution in [2.75, 3.05) is 31.0 Å². The van der Waals surface area contributed by atoms with Crippen LogP contribution >= 0.6 is 0 Å². The van der Waals surface area contributed by atoms with Gasteiger partial charge in [-0.25, -0.2) is 9.59 Å². The SMILES string of the molecule is COC(=O)NC1CCC(C(=O)N(Cc2ccc(-c3ccc(N(C)C)cc3)cc2)c2cccc(C=CC(=O)O)c2)CC1. The number of nitrogens with one attached hydrogen (secondary N) is 1. The number of ether oxygens (including phenoxy) is 1. The molecule has 8 heteroatoms. The van der Waals surface area contributed by atoms with E-state index in [1.54, 1.807) is 4.90 Å². The number of carboxylic acids is 1. The van der Waals surface area contributed by atoms with Crippen LogP contribution in [0.5, 0.6) is 0 Å². The maximum absolute atomic E-state index is 13.9. The van der Waals surface area contributed by atoms with Gasteiger partial charge in [-0.2, -0.15) is 0 Å². The van der Waals surface area contributed by atoms with Crippen molar-refractivity contribution in [2.45, 2.75) is 38.3 Å². The zero-order chi connectivity index (χ0) is 29.4. The van der Waals surface area contributed by atoms with Crippen molar-refractivity contribution in [3.8, 4) is 11.1 Å². The van der Waals surface area contributed by atoms with Gasteiger partial charge in [0, 0.05) is 43.5 Å². The quantitative estimate of drug-likeness (QED) is 0.316. The summed E-state index contributed by atoms with van der Waals surface area (Å²) in [7, 11) is 5.37. The number of carbonyl (C=O) groups excluding carboxylic acids is 2. The van der Waals surface area contributed by atoms with E-state index in [2.05, 4.69) is 46.6 Å². The molecule has 0 spiro atoms. The highest BCUT2D eigenvalue weighted by Gasteiger charge is 2.31. The Labute approximate surface area is 241 Å². The number of methoxy groups -OCH3 is 1. The van der Waals surface area contributed by atoms with Gasteiger partial charge in [0.05, 0.1) is 13.7 Å². The van der Waals surface area contributed by atoms with E-state index in [9.17, 15) is 14.4 Å². The number of benzene rings is 3. The van der Waals surface area contributed by atoms with E-state index in [-0.39, 0.29) is 17.9 Å². The first-order valence-corrected chi connectivity index (χ1v) is 13.8. The number of anilines is 2. The van der Waals surface area contributed by atoms with E-state index in [0.29, 0.717) is 43.5 Å². The highest BCUT2D eigenvalue weighted by atomic mass is 16.5. The number of aliphatic carboxylic acids is 1. The highest BCUT2D eigenvalue weighted by molar-refractivity contribution is 5.95. The Bertz CT molecular complexity index is 1370. The largest absolute Gasteiger partial charge is 0.478 e. The number of hydrogen-bond acceptors (Lipinski definition) is 5. The van der Waals surface area contributed by atoms with Gasteiger partial charge >= 0.3 is 12.1 Å². The molecular weight excluding hydrogens is 518 g/mol. The van der Waals surface area contributed by atoms with Crippen LogP contribution in [-0.2, 0) is 20.9 Å². The van der Waals surface area contributed by atoms with E-state index in [0.717, 1.165) is 28.5 Å². The average Bonchev–Trinajstić information content (AvgIpc) is 2.99. The fourth-order valence-corrected chi connectivity index (χ4v) is 5.13. The van der Waals surface area contributed by atoms with Gasteiger partial charge in [-0.05, 0) is 78.3 Å². The van der Waals surface area contributed by atoms with Crippen LogP contribution in [0.25, 0.3) is 17.2 Å². The van der Waals surface area contributed by atoms with Crippen LogP contribution in [0.1, 0.15) is 36.8 Å². The third-order valence-electron chi connectivity index (χ3n) is 7.46. The predicted molar refractivity (Wildman–Crippen MR) is 162 cm³/mol. The molecule has 8 nitrogen and oxygen atoms in total. The van der Waals surface area contributed by atoms with E-state index >= 15 is 0 Å². The molecule has 0 aliphatic heterocycles. The Morgan fingerprint density at radius 3 is 2.12 bits per heavy atom. The molecule has 1 saturated carbocycles. The summed E-state index contributed by atoms with van der Waals surface area (Å²) in [6.45, 7) is 0.380. The zero-order valence-corrected chi connectivity index (χ0v) is 23.7. The summed E-state index contributed by atoms with van der Waals surface area (Å²) < 4.78 is 4.72. The Hall–Kier alpha value is -4.59. The molecule has 0 radical (unpaired) electrons. The summed E-state index contributed by atoms with van der Waals surface area (Å²) >= 11 is 0. The summed E-state index contributed by atoms with van der Waals surface area (Å²) in [5.74, 6) is -1.19. The molecular formula is C33H37N3O5. The number of carbonyl (C=O) groups is 3. The fraction of sp³-hybridized carbons (Fsp3) is 0.303. The molecule has 2 N–H and O–H groups in total. The number of nitrogens with zero attached hydrogens (tertiary/aromatic N) is 2. The van der Waals surface area contributed by atoms with Crippen LogP contribution < -0.4 is 15.1 Å². The molecule has 3 aromatic rings. The topological polar surface area (TPSA) is 99.2 Å². The molecule has 0 aromatic heterocycles. The van der Waals surface area contributed by atoms with E-state index in [4.69, 9.17) is 9.84 Å². The first-order valence-electron chi connectivity index (χ1n) is 13.8. The Kier molecular flexibility index (Phi) is 9.79. The maximum atomic E-state index is 13.9. The van der Waals surface area contributed by atoms with Crippen molar-refractivity contribution < 1.29 is 24.2 Å². The minimum atomic E-state index is -1.03. The molecule has 0 bridgehead atoms. The third-order valence-corrected chi connectivity index (χ3v) is 7.46. The van der Waals surface area contributed by atoms with Crippen LogP contribution in [0.15, 0.2) is 78.9 Å². The molecule has 214 valence electrons. The Morgan fingerprint density at radius 2 is 1.54 bits per heavy atom. The molecule has 0 heterocycles. The van der Waals surface area contributed by atoms with Crippen LogP contribution in [0.3, 0.4) is 0 Å². The van der Waals surface area contributed by atoms with E-state index < -0.39 is 12.1 Å². The standard InChI is InChI=1S/C33H37N3O5/c1-35(2)29-18-14-26(15-19-29)25-10-7-24(8-11-25)22-36(30-6-4-5-23(21-30)9-20-31(37)38)32(39)27-12-16-28(17-13-27)34-33(40)41-3/h4-11,14-15,18-21,27-28H,12-13,16-17,22H2,1-3H3,(H,34,40)(H,37,38). The number of carboxylic acid groups (broad SMARTS) is 1. The van der Waals surface area contributed by atoms with Crippen LogP contribution in [0.2, 0.25) is 0 Å². The van der Waals surface area contributed by atoms with Crippen molar-refractivity contribution in [3.05, 3.63) is 90.0 Å². The monoisotopic (exact) mass is 555 g/mol. The molecule has 0 saturated heterocycles. The maximum Gasteiger partial charge on any atom is 0.407 e. The second-order valence-corrected chi connectivity index (χ2v) is 10.5. The van der Waals surface area contributed by atoms with Gasteiger partial charge in [0.1, 0.15) is 0 Å². The van der Waals surface area contributed by atoms with Crippen molar-refractivity contribution in [2.24, 2.45) is 5.92 Å². The van der Waals surface area contributed by atoms with E-state index in [1.165, 1.54) is 13.2 Å². The van der Waals surface area contributed by atoms with Crippen molar-refractivity contribution in [1.29, 1.82) is 0 Å². The second-order valence-electron chi connectivity index (χ2n) is 10.5. The highest BCUT2D eigenvalue weighted by Crippen LogP contribution is 2.30. The Morgan fingerprint density at radius 1 is 0.902 bits per heavy atom. The minimum Gasteiger partial charge on any atom is -0.478 e. The van der Waals surface area contributed by atoms with Gasteiger partial charge in [0.25, 0.3) is 0 Å². The van der Waals surface area contributed by atoms with Gasteiger partial charge in [0.2, 0.25) is 5.91 Å². The average molecular weight is 556 g/mol. The van der Waals surface area contributed by atoms with Crippen molar-refractivity contribution in [3.63, 3.8) is 0 Å². The van der Waals surface area contributed by atoms with Gasteiger partial charge in [-0.1, -0.05) is 48.5 Å². The molecule has 41 heavy (non-hydrogen) atoms. The molecule has 4 rings (SSSR count). The van der Waals surface area contributed by atoms with Crippen LogP contribution in [-0.4, -0.2) is 50.3 Å². The van der Waals surface area contributed by atoms with Crippen LogP contribution in [0, 0.1) is 5.92 Å². The molecule has 0 atom stereocenters. The first kappa shape index (κ1) is 29.4. The molecule has 1 aliphatic carbocycles. The third kappa shape index (κ3) is 7.97. The molecule has 1 fully saturated rings. The number of hydrogen-bond donors (Lipinski definition) is 2. The molecule has 2 amide bonds. The van der Waals surface area contributed by atoms with Crippen LogP contribution in [0.4, 0.5) is 16.2 Å². The second kappa shape index (κ2) is 13.7. The van der Waals surface area contributed by atoms with Gasteiger partial charge in [-0.3, -0.25) is 4.79 Å². The summed E-state index contributed by atoms with van der Waals surface area (Å²) in [6, 6.07) is 23.9. The predicted octanol–water partition coefficient (Wildman–Crippen LogP) is 5.97. The summed E-state index contributed by atoms with van der Waals surface area (Å²) in [6.07, 6.45) is 4.86. The number of alkyl carbamates (subject to hydrolysis) is 1. The summed E-state index contributed by atoms with van der Waals surface area (Å²) in [5.41, 5.74) is 5.74. The van der Waals surface area contributed by atoms with Gasteiger partial charge < -0.3 is 25.0 Å². The van der Waals surface area contributed by atoms with Crippen molar-refractivity contribution >= 4 is 35.4 Å². The van der Waals surface area contributed by atoms with Gasteiger partial charge in [0.15, 0.2) is 0 Å². The smallest absolute Gasteiger partial charge is 0.407 e. The Balaban J connectivity index is 1.55. The first-order chi connectivity index (χ1) is 19.7. The lowest BCUT2D eigenvalue weighted by Gasteiger charge is -2.32. The lowest BCUT2D eigenvalue weighted by Crippen LogP contribution is -2.42. The van der Waals surface area contributed by atoms with Gasteiger partial charge in [-0.15, -0.1) is 0 Å². The van der Waals surface area contributed by atoms with Crippen molar-refractivity contribution in [1.82, 2.24) is 5.32 Å². The normalized spacial score (nSPS) is 16.7. The fourth-order valence-electron chi connectivity index (χ4n) is 5.13. The lowest BCUT2D eigenvalue weighted by molar-refractivity contribution is -0.131. The summed E-state index contributed by atoms with van der Waals surface area (Å²) in [4.78, 5) is 40.5. The molecule has 3 aromatic carbocycles. The number of amides is 2. The zero-order valence-electron chi connectivity index (χ0n) is 23.7. The lowest BCUT2D eigenvalue weighted by atomic mass is 9.85. The summed E-state index contributed by atoms with van der Waals surface area (Å²) in [5, 5.41) is 11.9. The molecule has 0 unspecified atom stereocenters. The number of rotatable bonds is 9. The minimum absolute atomic E-state index is 0.0104. The van der Waals surface area contributed by atoms with E-state index in [1.807, 2.05) is 50.5 Å².